The standard InChI is InChI=1S/C14H9ClFN3O/c15-8-4-5-10(16)9(7-8)13-12(14(17)19-20-13)11-3-1-2-6-18-11/h1-7H,(H2,17,19). The van der Waals surface area contributed by atoms with Crippen molar-refractivity contribution in [2.24, 2.45) is 0 Å². The summed E-state index contributed by atoms with van der Waals surface area (Å²) in [7, 11) is 0. The number of hydrogen-bond acceptors (Lipinski definition) is 4. The molecule has 3 rings (SSSR count). The number of aromatic nitrogens is 2. The number of pyridine rings is 1. The van der Waals surface area contributed by atoms with Crippen LogP contribution in [0.4, 0.5) is 10.2 Å². The number of anilines is 1. The lowest BCUT2D eigenvalue weighted by atomic mass is 10.0. The second kappa shape index (κ2) is 4.94. The Hall–Kier alpha value is -2.40. The molecule has 0 aliphatic carbocycles. The predicted molar refractivity (Wildman–Crippen MR) is 74.6 cm³/mol. The summed E-state index contributed by atoms with van der Waals surface area (Å²) in [5, 5.41) is 4.09. The molecule has 0 bridgehead atoms. The molecule has 4 nitrogen and oxygen atoms in total. The van der Waals surface area contributed by atoms with Crippen molar-refractivity contribution in [3.63, 3.8) is 0 Å². The highest BCUT2D eigenvalue weighted by Gasteiger charge is 2.21. The maximum atomic E-state index is 14.0. The third-order valence-corrected chi connectivity index (χ3v) is 3.05. The van der Waals surface area contributed by atoms with Gasteiger partial charge in [0.1, 0.15) is 5.82 Å². The third-order valence-electron chi connectivity index (χ3n) is 2.81. The predicted octanol–water partition coefficient (Wildman–Crippen LogP) is 3.78. The van der Waals surface area contributed by atoms with E-state index in [-0.39, 0.29) is 17.1 Å². The van der Waals surface area contributed by atoms with Crippen molar-refractivity contribution in [2.75, 3.05) is 5.73 Å². The Labute approximate surface area is 119 Å². The van der Waals surface area contributed by atoms with Gasteiger partial charge in [-0.05, 0) is 30.3 Å². The minimum atomic E-state index is -0.470. The highest BCUT2D eigenvalue weighted by atomic mass is 35.5. The fourth-order valence-corrected chi connectivity index (χ4v) is 2.09. The second-order valence-electron chi connectivity index (χ2n) is 4.11. The van der Waals surface area contributed by atoms with Gasteiger partial charge >= 0.3 is 0 Å². The fourth-order valence-electron chi connectivity index (χ4n) is 1.92. The van der Waals surface area contributed by atoms with E-state index in [0.717, 1.165) is 0 Å². The van der Waals surface area contributed by atoms with Gasteiger partial charge in [-0.3, -0.25) is 4.98 Å². The van der Waals surface area contributed by atoms with Crippen LogP contribution in [0.1, 0.15) is 0 Å². The molecule has 0 atom stereocenters. The zero-order chi connectivity index (χ0) is 14.1. The van der Waals surface area contributed by atoms with Crippen LogP contribution < -0.4 is 5.73 Å². The van der Waals surface area contributed by atoms with E-state index in [0.29, 0.717) is 16.3 Å². The molecular formula is C14H9ClFN3O. The zero-order valence-corrected chi connectivity index (χ0v) is 10.9. The molecular weight excluding hydrogens is 281 g/mol. The number of benzene rings is 1. The highest BCUT2D eigenvalue weighted by Crippen LogP contribution is 2.37. The first-order chi connectivity index (χ1) is 9.66. The lowest BCUT2D eigenvalue weighted by Gasteiger charge is -2.03. The van der Waals surface area contributed by atoms with E-state index in [1.807, 2.05) is 0 Å². The summed E-state index contributed by atoms with van der Waals surface area (Å²) in [6.07, 6.45) is 1.61. The van der Waals surface area contributed by atoms with Gasteiger partial charge in [0.25, 0.3) is 0 Å². The molecule has 20 heavy (non-hydrogen) atoms. The minimum absolute atomic E-state index is 0.151. The van der Waals surface area contributed by atoms with Crippen LogP contribution >= 0.6 is 11.6 Å². The largest absolute Gasteiger partial charge is 0.380 e. The molecule has 6 heteroatoms. The molecule has 0 aliphatic heterocycles. The lowest BCUT2D eigenvalue weighted by Crippen LogP contribution is -1.91. The third kappa shape index (κ3) is 2.12. The van der Waals surface area contributed by atoms with E-state index in [9.17, 15) is 4.39 Å². The number of nitrogen functional groups attached to an aromatic ring is 1. The van der Waals surface area contributed by atoms with E-state index in [4.69, 9.17) is 21.9 Å². The summed E-state index contributed by atoms with van der Waals surface area (Å²) in [6.45, 7) is 0. The Morgan fingerprint density at radius 2 is 2.05 bits per heavy atom. The van der Waals surface area contributed by atoms with E-state index in [1.165, 1.54) is 18.2 Å². The number of halogens is 2. The first-order valence-corrected chi connectivity index (χ1v) is 6.16. The summed E-state index contributed by atoms with van der Waals surface area (Å²) >= 11 is 5.90. The quantitative estimate of drug-likeness (QED) is 0.780. The Kier molecular flexibility index (Phi) is 3.12. The number of hydrogen-bond donors (Lipinski definition) is 1. The van der Waals surface area contributed by atoms with Gasteiger partial charge in [0.2, 0.25) is 0 Å². The van der Waals surface area contributed by atoms with Gasteiger partial charge in [-0.2, -0.15) is 0 Å². The topological polar surface area (TPSA) is 64.9 Å². The van der Waals surface area contributed by atoms with Crippen LogP contribution in [0.15, 0.2) is 47.1 Å². The smallest absolute Gasteiger partial charge is 0.181 e. The summed E-state index contributed by atoms with van der Waals surface area (Å²) in [6, 6.07) is 9.50. The van der Waals surface area contributed by atoms with Crippen molar-refractivity contribution in [1.82, 2.24) is 10.1 Å². The maximum absolute atomic E-state index is 14.0. The first-order valence-electron chi connectivity index (χ1n) is 5.79. The summed E-state index contributed by atoms with van der Waals surface area (Å²) in [4.78, 5) is 4.18. The normalized spacial score (nSPS) is 10.7. The van der Waals surface area contributed by atoms with Gasteiger partial charge in [-0.25, -0.2) is 4.39 Å². The molecule has 0 aliphatic rings. The van der Waals surface area contributed by atoms with Gasteiger partial charge in [-0.1, -0.05) is 22.8 Å². The average molecular weight is 290 g/mol. The van der Waals surface area contributed by atoms with Gasteiger partial charge in [0.15, 0.2) is 11.6 Å². The van der Waals surface area contributed by atoms with Gasteiger partial charge in [0.05, 0.1) is 16.8 Å². The van der Waals surface area contributed by atoms with Crippen molar-refractivity contribution in [3.8, 4) is 22.6 Å². The Morgan fingerprint density at radius 1 is 1.20 bits per heavy atom. The van der Waals surface area contributed by atoms with Crippen LogP contribution in [-0.2, 0) is 0 Å². The minimum Gasteiger partial charge on any atom is -0.380 e. The van der Waals surface area contributed by atoms with Crippen molar-refractivity contribution >= 4 is 17.4 Å². The second-order valence-corrected chi connectivity index (χ2v) is 4.55. The van der Waals surface area contributed by atoms with Gasteiger partial charge in [0, 0.05) is 11.2 Å². The van der Waals surface area contributed by atoms with Crippen LogP contribution in [0.3, 0.4) is 0 Å². The first kappa shape index (κ1) is 12.6. The Bertz CT molecular complexity index is 758. The molecule has 2 N–H and O–H groups in total. The summed E-state index contributed by atoms with van der Waals surface area (Å²) < 4.78 is 19.1. The molecule has 0 spiro atoms. The van der Waals surface area contributed by atoms with Crippen molar-refractivity contribution < 1.29 is 8.91 Å². The molecule has 0 amide bonds. The van der Waals surface area contributed by atoms with Crippen molar-refractivity contribution in [2.45, 2.75) is 0 Å². The summed E-state index contributed by atoms with van der Waals surface area (Å²) in [5.41, 5.74) is 7.00. The number of nitrogens with zero attached hydrogens (tertiary/aromatic N) is 2. The SMILES string of the molecule is Nc1noc(-c2cc(Cl)ccc2F)c1-c1ccccn1. The van der Waals surface area contributed by atoms with Crippen molar-refractivity contribution in [3.05, 3.63) is 53.4 Å². The zero-order valence-electron chi connectivity index (χ0n) is 10.2. The van der Waals surface area contributed by atoms with E-state index in [1.54, 1.807) is 24.4 Å². The van der Waals surface area contributed by atoms with Gasteiger partial charge < -0.3 is 10.3 Å². The van der Waals surface area contributed by atoms with E-state index < -0.39 is 5.82 Å². The van der Waals surface area contributed by atoms with Crippen molar-refractivity contribution in [1.29, 1.82) is 0 Å². The average Bonchev–Trinajstić information content (AvgIpc) is 2.84. The molecule has 0 radical (unpaired) electrons. The van der Waals surface area contributed by atoms with Crippen LogP contribution in [0.2, 0.25) is 5.02 Å². The van der Waals surface area contributed by atoms with Crippen LogP contribution in [-0.4, -0.2) is 10.1 Å². The van der Waals surface area contributed by atoms with Crippen LogP contribution in [0.5, 0.6) is 0 Å². The monoisotopic (exact) mass is 289 g/mol. The Balaban J connectivity index is 2.24. The van der Waals surface area contributed by atoms with Gasteiger partial charge in [-0.15, -0.1) is 0 Å². The fraction of sp³-hybridized carbons (Fsp3) is 0. The molecule has 2 heterocycles. The molecule has 3 aromatic rings. The highest BCUT2D eigenvalue weighted by molar-refractivity contribution is 6.30. The summed E-state index contributed by atoms with van der Waals surface area (Å²) in [5.74, 6) is -0.109. The maximum Gasteiger partial charge on any atom is 0.181 e. The molecule has 100 valence electrons. The lowest BCUT2D eigenvalue weighted by molar-refractivity contribution is 0.433. The molecule has 1 aromatic carbocycles. The molecule has 0 saturated heterocycles. The van der Waals surface area contributed by atoms with E-state index >= 15 is 0 Å². The number of nitrogens with two attached hydrogens (primary N) is 1. The molecule has 2 aromatic heterocycles. The van der Waals surface area contributed by atoms with Crippen LogP contribution in [0.25, 0.3) is 22.6 Å². The van der Waals surface area contributed by atoms with Crippen LogP contribution in [0, 0.1) is 5.82 Å². The molecule has 0 saturated carbocycles. The molecule has 0 fully saturated rings. The Morgan fingerprint density at radius 3 is 2.80 bits per heavy atom. The molecule has 0 unspecified atom stereocenters. The number of rotatable bonds is 2. The van der Waals surface area contributed by atoms with E-state index in [2.05, 4.69) is 10.1 Å².